The van der Waals surface area contributed by atoms with Gasteiger partial charge in [0.25, 0.3) is 5.91 Å². The second-order valence-corrected chi connectivity index (χ2v) is 8.33. The number of likely N-dealkylation sites (tertiary alicyclic amines) is 1. The van der Waals surface area contributed by atoms with Gasteiger partial charge < -0.3 is 15.1 Å². The van der Waals surface area contributed by atoms with Gasteiger partial charge in [0, 0.05) is 57.0 Å². The summed E-state index contributed by atoms with van der Waals surface area (Å²) in [6.45, 7) is 4.58. The van der Waals surface area contributed by atoms with Crippen molar-refractivity contribution in [2.45, 2.75) is 32.1 Å². The summed E-state index contributed by atoms with van der Waals surface area (Å²) in [6, 6.07) is 5.88. The molecule has 2 fully saturated rings. The Balaban J connectivity index is 1.28. The van der Waals surface area contributed by atoms with Gasteiger partial charge in [-0.15, -0.1) is 0 Å². The highest BCUT2D eigenvalue weighted by Gasteiger charge is 2.21. The minimum absolute atomic E-state index is 0.0362. The summed E-state index contributed by atoms with van der Waals surface area (Å²) in [6.07, 6.45) is 10.9. The molecule has 0 aliphatic carbocycles. The van der Waals surface area contributed by atoms with Gasteiger partial charge in [-0.05, 0) is 56.2 Å². The normalized spacial score (nSPS) is 18.0. The highest BCUT2D eigenvalue weighted by molar-refractivity contribution is 6.33. The molecule has 2 aromatic heterocycles. The van der Waals surface area contributed by atoms with Crippen LogP contribution in [0.5, 0.6) is 0 Å². The number of piperidine rings is 2. The summed E-state index contributed by atoms with van der Waals surface area (Å²) in [5.74, 6) is 1.29. The molecule has 7 heteroatoms. The lowest BCUT2D eigenvalue weighted by molar-refractivity contribution is 0.0724. The molecule has 1 N–H and O–H groups in total. The van der Waals surface area contributed by atoms with E-state index in [-0.39, 0.29) is 5.91 Å². The molecule has 2 aliphatic heterocycles. The number of rotatable bonds is 5. The van der Waals surface area contributed by atoms with Gasteiger partial charge in [0.15, 0.2) is 0 Å². The van der Waals surface area contributed by atoms with Crippen LogP contribution in [0.3, 0.4) is 0 Å². The number of amides is 1. The number of nitrogens with zero attached hydrogens (tertiary/aromatic N) is 4. The molecule has 4 rings (SSSR count). The zero-order chi connectivity index (χ0) is 20.1. The first kappa shape index (κ1) is 20.0. The maximum atomic E-state index is 12.6. The Kier molecular flexibility index (Phi) is 6.49. The summed E-state index contributed by atoms with van der Waals surface area (Å²) in [4.78, 5) is 25.4. The SMILES string of the molecule is O=C(c1cnc(NCC2CCN(c3ccncc3)CC2)c(Cl)c1)N1CCCCC1. The van der Waals surface area contributed by atoms with E-state index in [1.807, 2.05) is 17.3 Å². The van der Waals surface area contributed by atoms with E-state index in [4.69, 9.17) is 11.6 Å². The maximum Gasteiger partial charge on any atom is 0.255 e. The van der Waals surface area contributed by atoms with Crippen molar-refractivity contribution < 1.29 is 4.79 Å². The van der Waals surface area contributed by atoms with E-state index in [1.54, 1.807) is 12.3 Å². The van der Waals surface area contributed by atoms with E-state index in [1.165, 1.54) is 12.1 Å². The molecule has 0 bridgehead atoms. The van der Waals surface area contributed by atoms with Gasteiger partial charge in [-0.2, -0.15) is 0 Å². The zero-order valence-corrected chi connectivity index (χ0v) is 17.4. The van der Waals surface area contributed by atoms with Gasteiger partial charge in [0.05, 0.1) is 10.6 Å². The number of pyridine rings is 2. The summed E-state index contributed by atoms with van der Waals surface area (Å²) in [7, 11) is 0. The minimum atomic E-state index is 0.0362. The van der Waals surface area contributed by atoms with Gasteiger partial charge in [0.1, 0.15) is 5.82 Å². The first-order valence-electron chi connectivity index (χ1n) is 10.5. The number of anilines is 2. The standard InChI is InChI=1S/C22H28ClN5O/c23-20-14-18(22(29)28-10-2-1-3-11-28)16-26-21(20)25-15-17-6-12-27(13-7-17)19-4-8-24-9-5-19/h4-5,8-9,14,16-17H,1-3,6-7,10-13,15H2,(H,25,26). The molecule has 1 amide bonds. The molecule has 2 aliphatic rings. The highest BCUT2D eigenvalue weighted by atomic mass is 35.5. The van der Waals surface area contributed by atoms with Gasteiger partial charge in [-0.25, -0.2) is 4.98 Å². The van der Waals surface area contributed by atoms with Crippen LogP contribution in [0, 0.1) is 5.92 Å². The first-order valence-corrected chi connectivity index (χ1v) is 10.9. The molecule has 0 radical (unpaired) electrons. The second-order valence-electron chi connectivity index (χ2n) is 7.92. The molecule has 154 valence electrons. The molecule has 0 spiro atoms. The summed E-state index contributed by atoms with van der Waals surface area (Å²) < 4.78 is 0. The molecule has 0 aromatic carbocycles. The van der Waals surface area contributed by atoms with Crippen LogP contribution < -0.4 is 10.2 Å². The van der Waals surface area contributed by atoms with Crippen LogP contribution in [0.2, 0.25) is 5.02 Å². The molecule has 0 saturated carbocycles. The van der Waals surface area contributed by atoms with Crippen molar-refractivity contribution in [2.24, 2.45) is 5.92 Å². The number of nitrogens with one attached hydrogen (secondary N) is 1. The maximum absolute atomic E-state index is 12.6. The number of aromatic nitrogens is 2. The largest absolute Gasteiger partial charge is 0.371 e. The van der Waals surface area contributed by atoms with Crippen molar-refractivity contribution in [2.75, 3.05) is 42.9 Å². The van der Waals surface area contributed by atoms with Crippen LogP contribution in [0.25, 0.3) is 0 Å². The molecule has 2 aromatic rings. The van der Waals surface area contributed by atoms with Gasteiger partial charge >= 0.3 is 0 Å². The number of halogens is 1. The van der Waals surface area contributed by atoms with Crippen LogP contribution in [-0.2, 0) is 0 Å². The van der Waals surface area contributed by atoms with Crippen LogP contribution in [0.15, 0.2) is 36.8 Å². The van der Waals surface area contributed by atoms with Crippen molar-refractivity contribution in [3.05, 3.63) is 47.4 Å². The Labute approximate surface area is 177 Å². The average molecular weight is 414 g/mol. The Morgan fingerprint density at radius 1 is 1.10 bits per heavy atom. The smallest absolute Gasteiger partial charge is 0.255 e. The van der Waals surface area contributed by atoms with Crippen molar-refractivity contribution in [1.82, 2.24) is 14.9 Å². The van der Waals surface area contributed by atoms with E-state index in [0.29, 0.717) is 22.3 Å². The molecule has 4 heterocycles. The average Bonchev–Trinajstić information content (AvgIpc) is 2.79. The minimum Gasteiger partial charge on any atom is -0.371 e. The summed E-state index contributed by atoms with van der Waals surface area (Å²) >= 11 is 6.42. The van der Waals surface area contributed by atoms with E-state index >= 15 is 0 Å². The Bertz CT molecular complexity index is 817. The quantitative estimate of drug-likeness (QED) is 0.800. The molecular formula is C22H28ClN5O. The molecule has 0 atom stereocenters. The molecule has 6 nitrogen and oxygen atoms in total. The predicted octanol–water partition coefficient (Wildman–Crippen LogP) is 4.08. The fraction of sp³-hybridized carbons (Fsp3) is 0.500. The lowest BCUT2D eigenvalue weighted by Gasteiger charge is -2.33. The second kappa shape index (κ2) is 9.44. The molecule has 0 unspecified atom stereocenters. The van der Waals surface area contributed by atoms with E-state index < -0.39 is 0 Å². The highest BCUT2D eigenvalue weighted by Crippen LogP contribution is 2.25. The van der Waals surface area contributed by atoms with Crippen LogP contribution >= 0.6 is 11.6 Å². The summed E-state index contributed by atoms with van der Waals surface area (Å²) in [5, 5.41) is 3.90. The van der Waals surface area contributed by atoms with Crippen LogP contribution in [0.4, 0.5) is 11.5 Å². The van der Waals surface area contributed by atoms with Crippen molar-refractivity contribution in [1.29, 1.82) is 0 Å². The third-order valence-electron chi connectivity index (χ3n) is 5.93. The van der Waals surface area contributed by atoms with Crippen LogP contribution in [0.1, 0.15) is 42.5 Å². The van der Waals surface area contributed by atoms with Crippen molar-refractivity contribution in [3.8, 4) is 0 Å². The number of hydrogen-bond donors (Lipinski definition) is 1. The van der Waals surface area contributed by atoms with Crippen molar-refractivity contribution >= 4 is 29.0 Å². The number of carbonyl (C=O) groups excluding carboxylic acids is 1. The topological polar surface area (TPSA) is 61.4 Å². The Hall–Kier alpha value is -2.34. The molecule has 2 saturated heterocycles. The molecular weight excluding hydrogens is 386 g/mol. The first-order chi connectivity index (χ1) is 14.2. The predicted molar refractivity (Wildman–Crippen MR) is 117 cm³/mol. The fourth-order valence-electron chi connectivity index (χ4n) is 4.16. The van der Waals surface area contributed by atoms with Gasteiger partial charge in [-0.3, -0.25) is 9.78 Å². The lowest BCUT2D eigenvalue weighted by Crippen LogP contribution is -2.36. The molecule has 29 heavy (non-hydrogen) atoms. The van der Waals surface area contributed by atoms with Crippen molar-refractivity contribution in [3.63, 3.8) is 0 Å². The van der Waals surface area contributed by atoms with E-state index in [2.05, 4.69) is 32.3 Å². The zero-order valence-electron chi connectivity index (χ0n) is 16.7. The third kappa shape index (κ3) is 4.99. The Morgan fingerprint density at radius 2 is 1.83 bits per heavy atom. The monoisotopic (exact) mass is 413 g/mol. The van der Waals surface area contributed by atoms with E-state index in [9.17, 15) is 4.79 Å². The lowest BCUT2D eigenvalue weighted by atomic mass is 9.96. The van der Waals surface area contributed by atoms with E-state index in [0.717, 1.165) is 58.4 Å². The Morgan fingerprint density at radius 3 is 2.52 bits per heavy atom. The van der Waals surface area contributed by atoms with Gasteiger partial charge in [-0.1, -0.05) is 11.6 Å². The van der Waals surface area contributed by atoms with Gasteiger partial charge in [0.2, 0.25) is 0 Å². The van der Waals surface area contributed by atoms with Crippen LogP contribution in [-0.4, -0.2) is 53.5 Å². The third-order valence-corrected chi connectivity index (χ3v) is 6.22. The summed E-state index contributed by atoms with van der Waals surface area (Å²) in [5.41, 5.74) is 1.82. The number of hydrogen-bond acceptors (Lipinski definition) is 5. The fourth-order valence-corrected chi connectivity index (χ4v) is 4.39. The number of carbonyl (C=O) groups is 1.